The Labute approximate surface area is 128 Å². The number of benzene rings is 1. The van der Waals surface area contributed by atoms with Crippen molar-refractivity contribution in [2.45, 2.75) is 58.2 Å². The summed E-state index contributed by atoms with van der Waals surface area (Å²) in [6.45, 7) is 5.40. The summed E-state index contributed by atoms with van der Waals surface area (Å²) in [5.74, 6) is 0.760. The fourth-order valence-electron chi connectivity index (χ4n) is 3.06. The maximum atomic E-state index is 10.1. The van der Waals surface area contributed by atoms with E-state index in [9.17, 15) is 5.11 Å². The Balaban J connectivity index is 1.70. The van der Waals surface area contributed by atoms with E-state index >= 15 is 0 Å². The summed E-state index contributed by atoms with van der Waals surface area (Å²) in [4.78, 5) is 0. The van der Waals surface area contributed by atoms with Crippen LogP contribution in [0.3, 0.4) is 0 Å². The molecule has 21 heavy (non-hydrogen) atoms. The molecule has 1 aliphatic rings. The SMILES string of the molecule is CCc1ccccc1NCC(O)COC1CCCC(C)C1. The number of rotatable bonds is 7. The second-order valence-corrected chi connectivity index (χ2v) is 6.27. The summed E-state index contributed by atoms with van der Waals surface area (Å²) in [5.41, 5.74) is 2.40. The van der Waals surface area contributed by atoms with Crippen LogP contribution in [0.15, 0.2) is 24.3 Å². The average molecular weight is 291 g/mol. The van der Waals surface area contributed by atoms with Gasteiger partial charge in [-0.15, -0.1) is 0 Å². The number of aliphatic hydroxyl groups is 1. The number of hydrogen-bond acceptors (Lipinski definition) is 3. The average Bonchev–Trinajstić information content (AvgIpc) is 2.51. The van der Waals surface area contributed by atoms with Gasteiger partial charge in [-0.05, 0) is 36.8 Å². The summed E-state index contributed by atoms with van der Waals surface area (Å²) in [6.07, 6.45) is 5.73. The lowest BCUT2D eigenvalue weighted by atomic mass is 9.89. The van der Waals surface area contributed by atoms with Crippen LogP contribution in [0.1, 0.15) is 45.1 Å². The molecule has 1 aromatic carbocycles. The molecule has 0 saturated heterocycles. The number of aliphatic hydroxyl groups excluding tert-OH is 1. The molecule has 0 aliphatic heterocycles. The highest BCUT2D eigenvalue weighted by Gasteiger charge is 2.20. The maximum Gasteiger partial charge on any atom is 0.0945 e. The first-order valence-electron chi connectivity index (χ1n) is 8.30. The van der Waals surface area contributed by atoms with Gasteiger partial charge in [0, 0.05) is 12.2 Å². The van der Waals surface area contributed by atoms with E-state index in [0.717, 1.165) is 30.9 Å². The minimum atomic E-state index is -0.452. The molecule has 0 spiro atoms. The molecule has 2 N–H and O–H groups in total. The molecule has 3 atom stereocenters. The van der Waals surface area contributed by atoms with Crippen molar-refractivity contribution in [1.29, 1.82) is 0 Å². The van der Waals surface area contributed by atoms with Crippen molar-refractivity contribution in [3.8, 4) is 0 Å². The molecule has 0 radical (unpaired) electrons. The third-order valence-electron chi connectivity index (χ3n) is 4.34. The molecule has 3 nitrogen and oxygen atoms in total. The Morgan fingerprint density at radius 2 is 2.14 bits per heavy atom. The van der Waals surface area contributed by atoms with Gasteiger partial charge in [0.15, 0.2) is 0 Å². The smallest absolute Gasteiger partial charge is 0.0945 e. The highest BCUT2D eigenvalue weighted by Crippen LogP contribution is 2.25. The lowest BCUT2D eigenvalue weighted by Gasteiger charge is -2.27. The number of ether oxygens (including phenoxy) is 1. The fraction of sp³-hybridized carbons (Fsp3) is 0.667. The fourth-order valence-corrected chi connectivity index (χ4v) is 3.06. The Morgan fingerprint density at radius 1 is 1.33 bits per heavy atom. The molecule has 0 aromatic heterocycles. The minimum Gasteiger partial charge on any atom is -0.389 e. The van der Waals surface area contributed by atoms with Crippen LogP contribution in [-0.2, 0) is 11.2 Å². The van der Waals surface area contributed by atoms with Crippen molar-refractivity contribution in [2.75, 3.05) is 18.5 Å². The van der Waals surface area contributed by atoms with Crippen molar-refractivity contribution in [2.24, 2.45) is 5.92 Å². The van der Waals surface area contributed by atoms with Gasteiger partial charge in [0.2, 0.25) is 0 Å². The number of hydrogen-bond donors (Lipinski definition) is 2. The molecule has 118 valence electrons. The lowest BCUT2D eigenvalue weighted by Crippen LogP contribution is -2.30. The lowest BCUT2D eigenvalue weighted by molar-refractivity contribution is -0.0274. The summed E-state index contributed by atoms with van der Waals surface area (Å²) in [7, 11) is 0. The zero-order valence-corrected chi connectivity index (χ0v) is 13.3. The van der Waals surface area contributed by atoms with Crippen molar-refractivity contribution >= 4 is 5.69 Å². The van der Waals surface area contributed by atoms with E-state index in [0.29, 0.717) is 19.3 Å². The van der Waals surface area contributed by atoms with Crippen molar-refractivity contribution < 1.29 is 9.84 Å². The molecule has 3 unspecified atom stereocenters. The second-order valence-electron chi connectivity index (χ2n) is 6.27. The zero-order chi connectivity index (χ0) is 15.1. The highest BCUT2D eigenvalue weighted by atomic mass is 16.5. The Kier molecular flexibility index (Phi) is 6.52. The third-order valence-corrected chi connectivity index (χ3v) is 4.34. The first-order valence-corrected chi connectivity index (χ1v) is 8.30. The molecule has 1 aromatic rings. The number of anilines is 1. The number of nitrogens with one attached hydrogen (secondary N) is 1. The first-order chi connectivity index (χ1) is 10.2. The van der Waals surface area contributed by atoms with Crippen LogP contribution in [0.5, 0.6) is 0 Å². The van der Waals surface area contributed by atoms with Gasteiger partial charge >= 0.3 is 0 Å². The van der Waals surface area contributed by atoms with E-state index < -0.39 is 6.10 Å². The Hall–Kier alpha value is -1.06. The van der Waals surface area contributed by atoms with Crippen LogP contribution < -0.4 is 5.32 Å². The second kappa shape index (κ2) is 8.40. The molecule has 3 heteroatoms. The van der Waals surface area contributed by atoms with Crippen LogP contribution in [0, 0.1) is 5.92 Å². The highest BCUT2D eigenvalue weighted by molar-refractivity contribution is 5.51. The van der Waals surface area contributed by atoms with Crippen molar-refractivity contribution in [3.63, 3.8) is 0 Å². The summed E-state index contributed by atoms with van der Waals surface area (Å²) < 4.78 is 5.87. The molecule has 1 fully saturated rings. The van der Waals surface area contributed by atoms with Gasteiger partial charge in [0.25, 0.3) is 0 Å². The molecular weight excluding hydrogens is 262 g/mol. The first kappa shape index (κ1) is 16.3. The summed E-state index contributed by atoms with van der Waals surface area (Å²) >= 11 is 0. The van der Waals surface area contributed by atoms with Gasteiger partial charge < -0.3 is 15.2 Å². The van der Waals surface area contributed by atoms with Crippen molar-refractivity contribution in [1.82, 2.24) is 0 Å². The molecule has 1 saturated carbocycles. The van der Waals surface area contributed by atoms with Gasteiger partial charge in [-0.2, -0.15) is 0 Å². The van der Waals surface area contributed by atoms with Gasteiger partial charge in [-0.1, -0.05) is 44.9 Å². The molecule has 0 heterocycles. The van der Waals surface area contributed by atoms with Gasteiger partial charge in [0.05, 0.1) is 18.8 Å². The normalized spacial score (nSPS) is 23.8. The van der Waals surface area contributed by atoms with Gasteiger partial charge in [0.1, 0.15) is 0 Å². The van der Waals surface area contributed by atoms with Gasteiger partial charge in [-0.25, -0.2) is 0 Å². The van der Waals surface area contributed by atoms with E-state index in [1.54, 1.807) is 0 Å². The number of aryl methyl sites for hydroxylation is 1. The largest absolute Gasteiger partial charge is 0.389 e. The minimum absolute atomic E-state index is 0.339. The molecule has 2 rings (SSSR count). The van der Waals surface area contributed by atoms with Crippen LogP contribution in [0.2, 0.25) is 0 Å². The predicted octanol–water partition coefficient (Wildman–Crippen LogP) is 3.62. The topological polar surface area (TPSA) is 41.5 Å². The predicted molar refractivity (Wildman–Crippen MR) is 87.7 cm³/mol. The van der Waals surface area contributed by atoms with E-state index in [-0.39, 0.29) is 0 Å². The summed E-state index contributed by atoms with van der Waals surface area (Å²) in [6, 6.07) is 8.26. The molecule has 1 aliphatic carbocycles. The van der Waals surface area contributed by atoms with E-state index in [1.165, 1.54) is 18.4 Å². The Bertz CT molecular complexity index is 421. The van der Waals surface area contributed by atoms with Crippen LogP contribution in [0.4, 0.5) is 5.69 Å². The van der Waals surface area contributed by atoms with Crippen LogP contribution >= 0.6 is 0 Å². The van der Waals surface area contributed by atoms with E-state index in [2.05, 4.69) is 31.3 Å². The van der Waals surface area contributed by atoms with E-state index in [4.69, 9.17) is 4.74 Å². The standard InChI is InChI=1S/C18H29NO2/c1-3-15-8-4-5-10-18(15)19-12-16(20)13-21-17-9-6-7-14(2)11-17/h4-5,8,10,14,16-17,19-20H,3,6-7,9,11-13H2,1-2H3. The molecule has 0 amide bonds. The monoisotopic (exact) mass is 291 g/mol. The Morgan fingerprint density at radius 3 is 2.90 bits per heavy atom. The van der Waals surface area contributed by atoms with Crippen LogP contribution in [0.25, 0.3) is 0 Å². The molecule has 0 bridgehead atoms. The van der Waals surface area contributed by atoms with E-state index in [1.807, 2.05) is 12.1 Å². The van der Waals surface area contributed by atoms with Crippen molar-refractivity contribution in [3.05, 3.63) is 29.8 Å². The summed E-state index contributed by atoms with van der Waals surface area (Å²) in [5, 5.41) is 13.4. The quantitative estimate of drug-likeness (QED) is 0.806. The molecular formula is C18H29NO2. The zero-order valence-electron chi connectivity index (χ0n) is 13.3. The maximum absolute atomic E-state index is 10.1. The third kappa shape index (κ3) is 5.33. The number of para-hydroxylation sites is 1. The van der Waals surface area contributed by atoms with Crippen LogP contribution in [-0.4, -0.2) is 30.5 Å². The van der Waals surface area contributed by atoms with Gasteiger partial charge in [-0.3, -0.25) is 0 Å².